The number of rotatable bonds is 4. The van der Waals surface area contributed by atoms with Crippen molar-refractivity contribution in [1.29, 1.82) is 0 Å². The van der Waals surface area contributed by atoms with E-state index in [1.165, 1.54) is 11.3 Å². The van der Waals surface area contributed by atoms with Crippen LogP contribution in [0.5, 0.6) is 0 Å². The molecular formula is C18H23N3O2S. The molecule has 0 radical (unpaired) electrons. The Morgan fingerprint density at radius 2 is 1.88 bits per heavy atom. The van der Waals surface area contributed by atoms with E-state index in [0.29, 0.717) is 19.6 Å². The molecule has 1 aliphatic heterocycles. The van der Waals surface area contributed by atoms with Crippen LogP contribution in [0.15, 0.2) is 23.6 Å². The molecule has 5 nitrogen and oxygen atoms in total. The average Bonchev–Trinajstić information content (AvgIpc) is 3.20. The van der Waals surface area contributed by atoms with Crippen LogP contribution in [0.3, 0.4) is 0 Å². The highest BCUT2D eigenvalue weighted by molar-refractivity contribution is 7.12. The fourth-order valence-corrected chi connectivity index (χ4v) is 3.78. The van der Waals surface area contributed by atoms with Gasteiger partial charge in [0.15, 0.2) is 5.78 Å². The second kappa shape index (κ2) is 6.91. The Kier molecular flexibility index (Phi) is 4.87. The molecule has 2 aromatic heterocycles. The molecule has 3 heterocycles. The summed E-state index contributed by atoms with van der Waals surface area (Å²) in [6, 6.07) is 5.73. The summed E-state index contributed by atoms with van der Waals surface area (Å²) >= 11 is 1.48. The van der Waals surface area contributed by atoms with Crippen molar-refractivity contribution in [1.82, 2.24) is 14.4 Å². The molecule has 0 spiro atoms. The van der Waals surface area contributed by atoms with Gasteiger partial charge in [-0.2, -0.15) is 0 Å². The van der Waals surface area contributed by atoms with Crippen LogP contribution >= 0.6 is 11.3 Å². The first kappa shape index (κ1) is 16.9. The van der Waals surface area contributed by atoms with Gasteiger partial charge in [-0.15, -0.1) is 11.3 Å². The van der Waals surface area contributed by atoms with E-state index >= 15 is 0 Å². The minimum atomic E-state index is 0.102. The molecule has 3 rings (SSSR count). The molecule has 0 aromatic carbocycles. The molecule has 1 amide bonds. The average molecular weight is 345 g/mol. The van der Waals surface area contributed by atoms with Crippen molar-refractivity contribution in [2.45, 2.75) is 13.8 Å². The second-order valence-corrected chi connectivity index (χ2v) is 7.26. The van der Waals surface area contributed by atoms with Crippen LogP contribution in [0, 0.1) is 13.8 Å². The maximum absolute atomic E-state index is 12.6. The van der Waals surface area contributed by atoms with Gasteiger partial charge in [0.1, 0.15) is 0 Å². The van der Waals surface area contributed by atoms with E-state index in [0.717, 1.165) is 34.9 Å². The molecule has 0 unspecified atom stereocenters. The molecule has 1 aliphatic rings. The van der Waals surface area contributed by atoms with Gasteiger partial charge in [-0.05, 0) is 31.4 Å². The summed E-state index contributed by atoms with van der Waals surface area (Å²) in [5.74, 6) is 0.264. The molecule has 1 fully saturated rings. The fraction of sp³-hybridized carbons (Fsp3) is 0.444. The highest BCUT2D eigenvalue weighted by atomic mass is 32.1. The number of amides is 1. The molecule has 0 atom stereocenters. The van der Waals surface area contributed by atoms with E-state index in [1.54, 1.807) is 0 Å². The summed E-state index contributed by atoms with van der Waals surface area (Å²) in [7, 11) is 1.98. The summed E-state index contributed by atoms with van der Waals surface area (Å²) < 4.78 is 2.05. The molecular weight excluding hydrogens is 322 g/mol. The second-order valence-electron chi connectivity index (χ2n) is 6.31. The monoisotopic (exact) mass is 345 g/mol. The van der Waals surface area contributed by atoms with Crippen molar-refractivity contribution in [3.05, 3.63) is 45.4 Å². The minimum Gasteiger partial charge on any atom is -0.351 e. The molecule has 2 aromatic rings. The van der Waals surface area contributed by atoms with E-state index in [-0.39, 0.29) is 11.7 Å². The van der Waals surface area contributed by atoms with Crippen molar-refractivity contribution in [2.75, 3.05) is 32.7 Å². The third-order valence-electron chi connectivity index (χ3n) is 4.83. The van der Waals surface area contributed by atoms with Gasteiger partial charge < -0.3 is 9.47 Å². The lowest BCUT2D eigenvalue weighted by molar-refractivity contribution is 0.0628. The van der Waals surface area contributed by atoms with Crippen LogP contribution in [0.25, 0.3) is 0 Å². The number of piperazine rings is 1. The number of aryl methyl sites for hydroxylation is 1. The van der Waals surface area contributed by atoms with E-state index in [1.807, 2.05) is 53.9 Å². The maximum atomic E-state index is 12.6. The SMILES string of the molecule is Cc1cc(C(=O)CN2CCN(C(=O)c3cccs3)CC2)c(C)n1C. The van der Waals surface area contributed by atoms with E-state index in [4.69, 9.17) is 0 Å². The minimum absolute atomic E-state index is 0.102. The normalized spacial score (nSPS) is 15.7. The van der Waals surface area contributed by atoms with Crippen molar-refractivity contribution >= 4 is 23.0 Å². The molecule has 0 saturated carbocycles. The zero-order valence-electron chi connectivity index (χ0n) is 14.4. The van der Waals surface area contributed by atoms with Gasteiger partial charge in [0, 0.05) is 50.2 Å². The molecule has 0 N–H and O–H groups in total. The Hall–Kier alpha value is -1.92. The number of thiophene rings is 1. The Morgan fingerprint density at radius 3 is 2.42 bits per heavy atom. The highest BCUT2D eigenvalue weighted by Gasteiger charge is 2.24. The van der Waals surface area contributed by atoms with Crippen molar-refractivity contribution in [2.24, 2.45) is 7.05 Å². The molecule has 24 heavy (non-hydrogen) atoms. The van der Waals surface area contributed by atoms with Crippen LogP contribution in [-0.2, 0) is 7.05 Å². The summed E-state index contributed by atoms with van der Waals surface area (Å²) in [5.41, 5.74) is 2.93. The molecule has 0 aliphatic carbocycles. The number of nitrogens with zero attached hydrogens (tertiary/aromatic N) is 3. The van der Waals surface area contributed by atoms with Gasteiger partial charge >= 0.3 is 0 Å². The highest BCUT2D eigenvalue weighted by Crippen LogP contribution is 2.16. The quantitative estimate of drug-likeness (QED) is 0.799. The van der Waals surface area contributed by atoms with Crippen LogP contribution in [0.1, 0.15) is 31.4 Å². The van der Waals surface area contributed by atoms with Crippen LogP contribution in [0.4, 0.5) is 0 Å². The number of Topliss-reactive ketones (excluding diaryl/α,β-unsaturated/α-hetero) is 1. The van der Waals surface area contributed by atoms with Crippen LogP contribution in [-0.4, -0.2) is 58.8 Å². The first-order valence-electron chi connectivity index (χ1n) is 8.18. The zero-order chi connectivity index (χ0) is 17.3. The first-order chi connectivity index (χ1) is 11.5. The summed E-state index contributed by atoms with van der Waals surface area (Å²) in [6.07, 6.45) is 0. The van der Waals surface area contributed by atoms with E-state index in [9.17, 15) is 9.59 Å². The largest absolute Gasteiger partial charge is 0.351 e. The topological polar surface area (TPSA) is 45.6 Å². The van der Waals surface area contributed by atoms with Gasteiger partial charge in [0.25, 0.3) is 5.91 Å². The maximum Gasteiger partial charge on any atom is 0.264 e. The fourth-order valence-electron chi connectivity index (χ4n) is 3.09. The summed E-state index contributed by atoms with van der Waals surface area (Å²) in [5, 5.41) is 1.92. The van der Waals surface area contributed by atoms with E-state index < -0.39 is 0 Å². The van der Waals surface area contributed by atoms with Crippen molar-refractivity contribution in [3.8, 4) is 0 Å². The lowest BCUT2D eigenvalue weighted by Gasteiger charge is -2.34. The third-order valence-corrected chi connectivity index (χ3v) is 5.69. The predicted octanol–water partition coefficient (Wildman–Crippen LogP) is 2.34. The lowest BCUT2D eigenvalue weighted by Crippen LogP contribution is -2.49. The summed E-state index contributed by atoms with van der Waals surface area (Å²) in [4.78, 5) is 29.7. The Bertz CT molecular complexity index is 741. The smallest absolute Gasteiger partial charge is 0.264 e. The van der Waals surface area contributed by atoms with Gasteiger partial charge in [-0.25, -0.2) is 0 Å². The van der Waals surface area contributed by atoms with Gasteiger partial charge in [0.2, 0.25) is 0 Å². The lowest BCUT2D eigenvalue weighted by atomic mass is 10.1. The number of hydrogen-bond donors (Lipinski definition) is 0. The number of carbonyl (C=O) groups is 2. The van der Waals surface area contributed by atoms with Crippen molar-refractivity contribution < 1.29 is 9.59 Å². The Balaban J connectivity index is 1.56. The Morgan fingerprint density at radius 1 is 1.17 bits per heavy atom. The number of carbonyl (C=O) groups excluding carboxylic acids is 2. The zero-order valence-corrected chi connectivity index (χ0v) is 15.2. The van der Waals surface area contributed by atoms with E-state index in [2.05, 4.69) is 4.90 Å². The molecule has 0 bridgehead atoms. The third kappa shape index (κ3) is 3.30. The summed E-state index contributed by atoms with van der Waals surface area (Å²) in [6.45, 7) is 7.26. The molecule has 6 heteroatoms. The van der Waals surface area contributed by atoms with Gasteiger partial charge in [0.05, 0.1) is 11.4 Å². The molecule has 1 saturated heterocycles. The Labute approximate surface area is 146 Å². The van der Waals surface area contributed by atoms with Gasteiger partial charge in [-0.3, -0.25) is 14.5 Å². The predicted molar refractivity (Wildman–Crippen MR) is 95.9 cm³/mol. The first-order valence-corrected chi connectivity index (χ1v) is 9.06. The number of aromatic nitrogens is 1. The van der Waals surface area contributed by atoms with Crippen LogP contribution < -0.4 is 0 Å². The van der Waals surface area contributed by atoms with Gasteiger partial charge in [-0.1, -0.05) is 6.07 Å². The standard InChI is InChI=1S/C18H23N3O2S/c1-13-11-15(14(2)19(13)3)16(22)12-20-6-8-21(9-7-20)18(23)17-5-4-10-24-17/h4-5,10-11H,6-9,12H2,1-3H3. The van der Waals surface area contributed by atoms with Crippen molar-refractivity contribution in [3.63, 3.8) is 0 Å². The number of hydrogen-bond acceptors (Lipinski definition) is 4. The molecule has 128 valence electrons. The number of ketones is 1. The van der Waals surface area contributed by atoms with Crippen LogP contribution in [0.2, 0.25) is 0 Å².